The third-order valence-electron chi connectivity index (χ3n) is 9.84. The molecule has 0 fully saturated rings. The molecular formula is C46H36N2. The third kappa shape index (κ3) is 4.75. The number of fused-ring (bicyclic) bond motifs is 6. The average Bonchev–Trinajstić information content (AvgIpc) is 3.58. The summed E-state index contributed by atoms with van der Waals surface area (Å²) in [6.45, 7) is 6.81. The largest absolute Gasteiger partial charge is 0.315 e. The van der Waals surface area contributed by atoms with E-state index in [0.29, 0.717) is 0 Å². The molecule has 0 spiro atoms. The minimum atomic E-state index is -0.0826. The molecule has 0 unspecified atom stereocenters. The van der Waals surface area contributed by atoms with E-state index in [1.54, 1.807) is 0 Å². The lowest BCUT2D eigenvalue weighted by Gasteiger charge is -2.28. The molecule has 0 radical (unpaired) electrons. The first-order chi connectivity index (χ1) is 23.5. The van der Waals surface area contributed by atoms with Gasteiger partial charge in [0.25, 0.3) is 0 Å². The Morgan fingerprint density at radius 2 is 1.29 bits per heavy atom. The molecule has 8 rings (SSSR count). The van der Waals surface area contributed by atoms with Crippen molar-refractivity contribution in [3.05, 3.63) is 180 Å². The number of para-hydroxylation sites is 3. The summed E-state index contributed by atoms with van der Waals surface area (Å²) in [4.78, 5) is 2.32. The van der Waals surface area contributed by atoms with Crippen LogP contribution in [-0.2, 0) is 5.41 Å². The number of benzene rings is 6. The smallest absolute Gasteiger partial charge is 0.0541 e. The molecule has 1 aromatic heterocycles. The molecule has 230 valence electrons. The molecule has 0 aliphatic heterocycles. The quantitative estimate of drug-likeness (QED) is 0.133. The number of nitrogens with zero attached hydrogens (tertiary/aromatic N) is 2. The summed E-state index contributed by atoms with van der Waals surface area (Å²) in [5.74, 6) is 2.99. The number of hydrogen-bond acceptors (Lipinski definition) is 1. The molecule has 7 aromatic rings. The van der Waals surface area contributed by atoms with Crippen molar-refractivity contribution >= 4 is 38.8 Å². The van der Waals surface area contributed by atoms with Gasteiger partial charge in [-0.2, -0.15) is 0 Å². The van der Waals surface area contributed by atoms with Crippen LogP contribution in [0.3, 0.4) is 0 Å². The number of aromatic nitrogens is 1. The highest BCUT2D eigenvalue weighted by molar-refractivity contribution is 6.10. The maximum absolute atomic E-state index is 6.21. The molecule has 2 heteroatoms. The van der Waals surface area contributed by atoms with Crippen molar-refractivity contribution < 1.29 is 0 Å². The van der Waals surface area contributed by atoms with Gasteiger partial charge in [-0.25, -0.2) is 0 Å². The summed E-state index contributed by atoms with van der Waals surface area (Å²) in [6, 6.07) is 51.9. The summed E-state index contributed by atoms with van der Waals surface area (Å²) < 4.78 is 2.33. The molecule has 0 saturated carbocycles. The summed E-state index contributed by atoms with van der Waals surface area (Å²) >= 11 is 0. The predicted octanol–water partition coefficient (Wildman–Crippen LogP) is 11.8. The van der Waals surface area contributed by atoms with Crippen LogP contribution >= 0.6 is 0 Å². The van der Waals surface area contributed by atoms with Crippen LogP contribution in [0.1, 0.15) is 37.5 Å². The average molecular weight is 617 g/mol. The van der Waals surface area contributed by atoms with Gasteiger partial charge in [0.05, 0.1) is 11.0 Å². The Hall–Kier alpha value is -6.04. The van der Waals surface area contributed by atoms with Gasteiger partial charge in [-0.3, -0.25) is 0 Å². The molecule has 0 bridgehead atoms. The van der Waals surface area contributed by atoms with Crippen LogP contribution in [0.15, 0.2) is 163 Å². The Kier molecular flexibility index (Phi) is 7.12. The van der Waals surface area contributed by atoms with Gasteiger partial charge in [-0.15, -0.1) is 6.42 Å². The lowest BCUT2D eigenvalue weighted by molar-refractivity contribution is 0.660. The highest BCUT2D eigenvalue weighted by Gasteiger charge is 2.35. The Morgan fingerprint density at radius 3 is 2.08 bits per heavy atom. The monoisotopic (exact) mass is 616 g/mol. The fourth-order valence-corrected chi connectivity index (χ4v) is 7.47. The zero-order valence-corrected chi connectivity index (χ0v) is 27.5. The van der Waals surface area contributed by atoms with E-state index < -0.39 is 0 Å². The molecule has 0 saturated heterocycles. The molecule has 2 nitrogen and oxygen atoms in total. The molecule has 1 aliphatic rings. The highest BCUT2D eigenvalue weighted by Crippen LogP contribution is 2.50. The first kappa shape index (κ1) is 29.4. The van der Waals surface area contributed by atoms with Crippen LogP contribution in [0.4, 0.5) is 11.4 Å². The van der Waals surface area contributed by atoms with Crippen LogP contribution in [0.25, 0.3) is 44.2 Å². The third-order valence-corrected chi connectivity index (χ3v) is 9.84. The lowest BCUT2D eigenvalue weighted by Crippen LogP contribution is -2.18. The Morgan fingerprint density at radius 1 is 0.625 bits per heavy atom. The van der Waals surface area contributed by atoms with Crippen LogP contribution < -0.4 is 4.90 Å². The maximum atomic E-state index is 6.21. The zero-order chi connectivity index (χ0) is 32.8. The predicted molar refractivity (Wildman–Crippen MR) is 204 cm³/mol. The Balaban J connectivity index is 1.21. The summed E-state index contributed by atoms with van der Waals surface area (Å²) in [5, 5.41) is 2.39. The minimum Gasteiger partial charge on any atom is -0.315 e. The topological polar surface area (TPSA) is 8.17 Å². The van der Waals surface area contributed by atoms with Gasteiger partial charge in [0.15, 0.2) is 0 Å². The summed E-state index contributed by atoms with van der Waals surface area (Å²) in [6.07, 6.45) is 10.4. The number of anilines is 2. The van der Waals surface area contributed by atoms with Gasteiger partial charge in [0, 0.05) is 44.5 Å². The van der Waals surface area contributed by atoms with E-state index in [1.807, 2.05) is 0 Å². The molecule has 0 N–H and O–H groups in total. The standard InChI is InChI=1S/C46H36N2/c1-5-33(34-26-29-45-41(30-34)40-21-13-15-23-44(40)48(45)36-18-10-7-11-19-36)25-24-32(2)47(35-16-8-6-9-17-35)37-27-28-39-38-20-12-14-22-42(38)46(3,4)43(39)31-37/h1,6-31H,2-4H3/b32-24+,33-25+. The first-order valence-corrected chi connectivity index (χ1v) is 16.5. The summed E-state index contributed by atoms with van der Waals surface area (Å²) in [5.41, 5.74) is 13.9. The van der Waals surface area contributed by atoms with Crippen LogP contribution in [0, 0.1) is 12.3 Å². The van der Waals surface area contributed by atoms with Gasteiger partial charge < -0.3 is 9.47 Å². The molecule has 1 aliphatic carbocycles. The Bertz CT molecular complexity index is 2430. The number of allylic oxidation sites excluding steroid dienone is 4. The normalized spacial score (nSPS) is 13.7. The number of rotatable bonds is 6. The van der Waals surface area contributed by atoms with Gasteiger partial charge in [0.2, 0.25) is 0 Å². The van der Waals surface area contributed by atoms with E-state index in [-0.39, 0.29) is 5.41 Å². The highest BCUT2D eigenvalue weighted by atomic mass is 15.1. The van der Waals surface area contributed by atoms with Crippen molar-refractivity contribution in [2.45, 2.75) is 26.2 Å². The van der Waals surface area contributed by atoms with E-state index in [9.17, 15) is 0 Å². The van der Waals surface area contributed by atoms with Crippen LogP contribution in [-0.4, -0.2) is 4.57 Å². The molecule has 1 heterocycles. The molecule has 48 heavy (non-hydrogen) atoms. The number of hydrogen-bond donors (Lipinski definition) is 0. The van der Waals surface area contributed by atoms with Gasteiger partial charge in [-0.1, -0.05) is 111 Å². The molecular weight excluding hydrogens is 581 g/mol. The van der Waals surface area contributed by atoms with Crippen molar-refractivity contribution in [1.29, 1.82) is 0 Å². The van der Waals surface area contributed by atoms with E-state index in [4.69, 9.17) is 6.42 Å². The molecule has 6 aromatic carbocycles. The van der Waals surface area contributed by atoms with Crippen LogP contribution in [0.2, 0.25) is 0 Å². The van der Waals surface area contributed by atoms with Gasteiger partial charge >= 0.3 is 0 Å². The van der Waals surface area contributed by atoms with Crippen molar-refractivity contribution in [2.75, 3.05) is 4.90 Å². The van der Waals surface area contributed by atoms with E-state index in [2.05, 4.69) is 194 Å². The summed E-state index contributed by atoms with van der Waals surface area (Å²) in [7, 11) is 0. The van der Waals surface area contributed by atoms with Crippen molar-refractivity contribution in [3.63, 3.8) is 0 Å². The SMILES string of the molecule is C#C/C(=C\C=C(/C)N(c1ccccc1)c1ccc2c(c1)C(C)(C)c1ccccc1-2)c1ccc2c(c1)c1ccccc1n2-c1ccccc1. The first-order valence-electron chi connectivity index (χ1n) is 16.5. The fourth-order valence-electron chi connectivity index (χ4n) is 7.47. The molecule has 0 amide bonds. The number of terminal acetylenes is 1. The van der Waals surface area contributed by atoms with Crippen molar-refractivity contribution in [3.8, 4) is 29.2 Å². The maximum Gasteiger partial charge on any atom is 0.0541 e. The van der Waals surface area contributed by atoms with Crippen molar-refractivity contribution in [1.82, 2.24) is 4.57 Å². The second-order valence-corrected chi connectivity index (χ2v) is 13.0. The second kappa shape index (κ2) is 11.6. The van der Waals surface area contributed by atoms with Crippen molar-refractivity contribution in [2.24, 2.45) is 0 Å². The fraction of sp³-hybridized carbons (Fsp3) is 0.0870. The van der Waals surface area contributed by atoms with E-state index in [0.717, 1.165) is 39.4 Å². The van der Waals surface area contributed by atoms with Crippen LogP contribution in [0.5, 0.6) is 0 Å². The zero-order valence-electron chi connectivity index (χ0n) is 27.5. The van der Waals surface area contributed by atoms with E-state index >= 15 is 0 Å². The Labute approximate surface area is 282 Å². The minimum absolute atomic E-state index is 0.0826. The van der Waals surface area contributed by atoms with E-state index in [1.165, 1.54) is 38.5 Å². The van der Waals surface area contributed by atoms with Gasteiger partial charge in [0.1, 0.15) is 0 Å². The van der Waals surface area contributed by atoms with Gasteiger partial charge in [-0.05, 0) is 101 Å². The second-order valence-electron chi connectivity index (χ2n) is 13.0. The lowest BCUT2D eigenvalue weighted by atomic mass is 9.82. The molecule has 0 atom stereocenters.